The van der Waals surface area contributed by atoms with Gasteiger partial charge in [-0.05, 0) is 55.3 Å². The van der Waals surface area contributed by atoms with Crippen molar-refractivity contribution in [3.05, 3.63) is 53.1 Å². The van der Waals surface area contributed by atoms with Crippen LogP contribution in [0.25, 0.3) is 0 Å². The lowest BCUT2D eigenvalue weighted by atomic mass is 10.1. The number of alkyl halides is 3. The van der Waals surface area contributed by atoms with Crippen LogP contribution < -0.4 is 14.4 Å². The Labute approximate surface area is 177 Å². The Hall–Kier alpha value is -2.46. The van der Waals surface area contributed by atoms with Gasteiger partial charge in [0.05, 0.1) is 11.9 Å². The van der Waals surface area contributed by atoms with Crippen molar-refractivity contribution in [2.75, 3.05) is 15.9 Å². The molecule has 1 N–H and O–H groups in total. The molecule has 30 heavy (non-hydrogen) atoms. The minimum atomic E-state index is -4.83. The number of carbonyl (C=O) groups is 1. The first-order valence-electron chi connectivity index (χ1n) is 8.74. The van der Waals surface area contributed by atoms with Crippen LogP contribution in [0.15, 0.2) is 42.5 Å². The first-order valence-corrected chi connectivity index (χ1v) is 11.0. The smallest absolute Gasteiger partial charge is 0.406 e. The second kappa shape index (κ2) is 9.13. The average Bonchev–Trinajstić information content (AvgIpc) is 2.61. The van der Waals surface area contributed by atoms with Gasteiger partial charge in [0.15, 0.2) is 0 Å². The van der Waals surface area contributed by atoms with E-state index >= 15 is 0 Å². The molecule has 11 heteroatoms. The summed E-state index contributed by atoms with van der Waals surface area (Å²) in [6, 6.07) is 8.12. The van der Waals surface area contributed by atoms with Crippen molar-refractivity contribution in [1.29, 1.82) is 0 Å². The van der Waals surface area contributed by atoms with Crippen molar-refractivity contribution >= 4 is 38.9 Å². The summed E-state index contributed by atoms with van der Waals surface area (Å²) in [5.74, 6) is -1.09. The van der Waals surface area contributed by atoms with Gasteiger partial charge in [-0.25, -0.2) is 8.42 Å². The van der Waals surface area contributed by atoms with Gasteiger partial charge < -0.3 is 10.1 Å². The molecule has 164 valence electrons. The molecule has 6 nitrogen and oxygen atoms in total. The van der Waals surface area contributed by atoms with E-state index in [-0.39, 0.29) is 17.8 Å². The molecule has 0 bridgehead atoms. The highest BCUT2D eigenvalue weighted by Crippen LogP contribution is 2.30. The van der Waals surface area contributed by atoms with E-state index < -0.39 is 34.1 Å². The number of benzene rings is 2. The molecule has 1 amide bonds. The Morgan fingerprint density at radius 3 is 2.30 bits per heavy atom. The van der Waals surface area contributed by atoms with Crippen molar-refractivity contribution in [3.63, 3.8) is 0 Å². The number of sulfonamides is 1. The number of amides is 1. The Kier molecular flexibility index (Phi) is 7.25. The maximum atomic E-state index is 12.9. The third-order valence-electron chi connectivity index (χ3n) is 4.09. The van der Waals surface area contributed by atoms with Crippen molar-refractivity contribution in [1.82, 2.24) is 0 Å². The van der Waals surface area contributed by atoms with Crippen molar-refractivity contribution in [2.24, 2.45) is 0 Å². The summed E-state index contributed by atoms with van der Waals surface area (Å²) in [6.45, 7) is 3.33. The molecule has 0 saturated carbocycles. The van der Waals surface area contributed by atoms with Crippen LogP contribution in [-0.2, 0) is 14.8 Å². The molecule has 0 aliphatic carbocycles. The number of nitrogens with zero attached hydrogens (tertiary/aromatic N) is 1. The number of anilines is 2. The predicted octanol–water partition coefficient (Wildman–Crippen LogP) is 4.73. The van der Waals surface area contributed by atoms with Gasteiger partial charge in [-0.1, -0.05) is 24.6 Å². The van der Waals surface area contributed by atoms with Crippen LogP contribution in [0.2, 0.25) is 5.02 Å². The second-order valence-electron chi connectivity index (χ2n) is 6.48. The van der Waals surface area contributed by atoms with E-state index in [2.05, 4.69) is 10.1 Å². The first kappa shape index (κ1) is 23.8. The molecule has 0 radical (unpaired) electrons. The molecule has 0 aliphatic heterocycles. The quantitative estimate of drug-likeness (QED) is 0.642. The summed E-state index contributed by atoms with van der Waals surface area (Å²) >= 11 is 6.01. The van der Waals surface area contributed by atoms with Crippen LogP contribution in [0.3, 0.4) is 0 Å². The largest absolute Gasteiger partial charge is 0.573 e. The van der Waals surface area contributed by atoms with Crippen molar-refractivity contribution in [3.8, 4) is 5.75 Å². The Bertz CT molecular complexity index is 1010. The highest BCUT2D eigenvalue weighted by atomic mass is 35.5. The van der Waals surface area contributed by atoms with E-state index in [4.69, 9.17) is 11.6 Å². The summed E-state index contributed by atoms with van der Waals surface area (Å²) in [5.41, 5.74) is 1.05. The molecular weight excluding hydrogens is 445 g/mol. The van der Waals surface area contributed by atoms with E-state index in [0.29, 0.717) is 10.6 Å². The lowest BCUT2D eigenvalue weighted by molar-refractivity contribution is -0.274. The number of halogens is 4. The monoisotopic (exact) mass is 464 g/mol. The van der Waals surface area contributed by atoms with Crippen molar-refractivity contribution in [2.45, 2.75) is 32.7 Å². The zero-order chi connectivity index (χ0) is 22.7. The lowest BCUT2D eigenvalue weighted by Crippen LogP contribution is -2.47. The Balaban J connectivity index is 2.31. The standard InChI is InChI=1S/C19H20ClF3N2O4S/c1-4-16(25(30(3,27)28)17-11-13(20)6-5-12(17)2)18(26)24-14-7-9-15(10-8-14)29-19(21,22)23/h5-11,16H,4H2,1-3H3,(H,24,26). The maximum absolute atomic E-state index is 12.9. The van der Waals surface area contributed by atoms with Gasteiger partial charge in [0.1, 0.15) is 11.8 Å². The summed E-state index contributed by atoms with van der Waals surface area (Å²) in [5, 5.41) is 2.83. The molecule has 2 rings (SSSR count). The maximum Gasteiger partial charge on any atom is 0.573 e. The van der Waals surface area contributed by atoms with Gasteiger partial charge in [0, 0.05) is 10.7 Å². The molecule has 0 spiro atoms. The Morgan fingerprint density at radius 2 is 1.80 bits per heavy atom. The number of rotatable bonds is 7. The summed E-state index contributed by atoms with van der Waals surface area (Å²) in [7, 11) is -3.86. The molecule has 0 aromatic heterocycles. The molecule has 0 aliphatic rings. The normalized spacial score (nSPS) is 12.9. The number of hydrogen-bond acceptors (Lipinski definition) is 4. The van der Waals surface area contributed by atoms with Crippen LogP contribution in [0.5, 0.6) is 5.75 Å². The zero-order valence-electron chi connectivity index (χ0n) is 16.3. The van der Waals surface area contributed by atoms with Crippen LogP contribution in [-0.4, -0.2) is 33.0 Å². The van der Waals surface area contributed by atoms with E-state index in [1.54, 1.807) is 26.0 Å². The van der Waals surface area contributed by atoms with E-state index in [1.807, 2.05) is 0 Å². The van der Waals surface area contributed by atoms with E-state index in [1.165, 1.54) is 18.2 Å². The molecule has 0 heterocycles. The van der Waals surface area contributed by atoms with Gasteiger partial charge in [-0.3, -0.25) is 9.10 Å². The van der Waals surface area contributed by atoms with Gasteiger partial charge >= 0.3 is 6.36 Å². The minimum absolute atomic E-state index is 0.139. The third kappa shape index (κ3) is 6.27. The fourth-order valence-electron chi connectivity index (χ4n) is 2.82. The lowest BCUT2D eigenvalue weighted by Gasteiger charge is -2.31. The van der Waals surface area contributed by atoms with Crippen molar-refractivity contribution < 1.29 is 31.1 Å². The van der Waals surface area contributed by atoms with E-state index in [0.717, 1.165) is 22.7 Å². The fraction of sp³-hybridized carbons (Fsp3) is 0.316. The fourth-order valence-corrected chi connectivity index (χ4v) is 4.25. The molecular formula is C19H20ClF3N2O4S. The number of carbonyl (C=O) groups excluding carboxylic acids is 1. The topological polar surface area (TPSA) is 75.7 Å². The number of nitrogens with one attached hydrogen (secondary N) is 1. The molecule has 2 aromatic rings. The van der Waals surface area contributed by atoms with Crippen LogP contribution >= 0.6 is 11.6 Å². The number of ether oxygens (including phenoxy) is 1. The average molecular weight is 465 g/mol. The molecule has 2 aromatic carbocycles. The SMILES string of the molecule is CCC(C(=O)Nc1ccc(OC(F)(F)F)cc1)N(c1cc(Cl)ccc1C)S(C)(=O)=O. The minimum Gasteiger partial charge on any atom is -0.406 e. The third-order valence-corrected chi connectivity index (χ3v) is 5.49. The molecule has 1 unspecified atom stereocenters. The zero-order valence-corrected chi connectivity index (χ0v) is 17.9. The van der Waals surface area contributed by atoms with Crippen LogP contribution in [0, 0.1) is 6.92 Å². The molecule has 1 atom stereocenters. The first-order chi connectivity index (χ1) is 13.8. The predicted molar refractivity (Wildman–Crippen MR) is 109 cm³/mol. The number of hydrogen-bond donors (Lipinski definition) is 1. The summed E-state index contributed by atoms with van der Waals surface area (Å²) in [4.78, 5) is 12.9. The van der Waals surface area contributed by atoms with Gasteiger partial charge in [-0.2, -0.15) is 0 Å². The summed E-state index contributed by atoms with van der Waals surface area (Å²) < 4.78 is 66.6. The van der Waals surface area contributed by atoms with Gasteiger partial charge in [-0.15, -0.1) is 13.2 Å². The van der Waals surface area contributed by atoms with Gasteiger partial charge in [0.2, 0.25) is 15.9 Å². The van der Waals surface area contributed by atoms with Gasteiger partial charge in [0.25, 0.3) is 0 Å². The molecule has 0 saturated heterocycles. The van der Waals surface area contributed by atoms with Crippen LogP contribution in [0.1, 0.15) is 18.9 Å². The van der Waals surface area contributed by atoms with E-state index in [9.17, 15) is 26.4 Å². The highest BCUT2D eigenvalue weighted by molar-refractivity contribution is 7.92. The number of aryl methyl sites for hydroxylation is 1. The Morgan fingerprint density at radius 1 is 1.20 bits per heavy atom. The second-order valence-corrected chi connectivity index (χ2v) is 8.77. The summed E-state index contributed by atoms with van der Waals surface area (Å²) in [6.07, 6.45) is -3.71. The molecule has 0 fully saturated rings. The van der Waals surface area contributed by atoms with Crippen LogP contribution in [0.4, 0.5) is 24.5 Å². The highest BCUT2D eigenvalue weighted by Gasteiger charge is 2.33.